The molecule has 0 heterocycles. The minimum Gasteiger partial charge on any atom is -0.458 e. The van der Waals surface area contributed by atoms with E-state index >= 15 is 0 Å². The van der Waals surface area contributed by atoms with Gasteiger partial charge in [0.15, 0.2) is 0 Å². The fourth-order valence-corrected chi connectivity index (χ4v) is 1.74. The molecule has 0 atom stereocenters. The maximum atomic E-state index is 12.1. The number of carbonyl (C=O) groups excluding carboxylic acids is 2. The maximum absolute atomic E-state index is 12.1. The molecule has 0 saturated carbocycles. The third-order valence-electron chi connectivity index (χ3n) is 2.55. The highest BCUT2D eigenvalue weighted by molar-refractivity contribution is 6.01. The van der Waals surface area contributed by atoms with Crippen molar-refractivity contribution in [3.8, 4) is 0 Å². The molecule has 0 aromatic rings. The Morgan fingerprint density at radius 1 is 0.850 bits per heavy atom. The van der Waals surface area contributed by atoms with Crippen LogP contribution in [0.5, 0.6) is 0 Å². The summed E-state index contributed by atoms with van der Waals surface area (Å²) in [5.74, 6) is -1.28. The highest BCUT2D eigenvalue weighted by Crippen LogP contribution is 2.24. The van der Waals surface area contributed by atoms with Crippen LogP contribution in [0.1, 0.15) is 27.7 Å². The van der Waals surface area contributed by atoms with Crippen LogP contribution >= 0.6 is 0 Å². The van der Waals surface area contributed by atoms with Gasteiger partial charge in [0, 0.05) is 0 Å². The zero-order chi connectivity index (χ0) is 15.7. The molecular weight excluding hydrogens is 256 g/mol. The molecule has 0 amide bonds. The van der Waals surface area contributed by atoms with Gasteiger partial charge in [0.05, 0.1) is 11.1 Å². The van der Waals surface area contributed by atoms with Crippen LogP contribution < -0.4 is 0 Å². The Kier molecular flexibility index (Phi) is 8.29. The maximum Gasteiger partial charge on any atom is 0.335 e. The lowest BCUT2D eigenvalue weighted by molar-refractivity contribution is -0.142. The van der Waals surface area contributed by atoms with Crippen molar-refractivity contribution in [2.24, 2.45) is 11.8 Å². The summed E-state index contributed by atoms with van der Waals surface area (Å²) < 4.78 is 10.1. The average Bonchev–Trinajstić information content (AvgIpc) is 2.38. The van der Waals surface area contributed by atoms with E-state index < -0.39 is 11.9 Å². The van der Waals surface area contributed by atoms with Crippen molar-refractivity contribution in [2.45, 2.75) is 27.7 Å². The fraction of sp³-hybridized carbons (Fsp3) is 0.500. The number of rotatable bonds is 8. The van der Waals surface area contributed by atoms with E-state index in [1.807, 2.05) is 27.7 Å². The standard InChI is InChI=1S/C16H24O4/c1-7-9-19-15(17)13(11(3)4)14(12(5)6)16(18)20-10-8-2/h7-8,11-12H,1-2,9-10H2,3-6H3/b14-13-. The summed E-state index contributed by atoms with van der Waals surface area (Å²) >= 11 is 0. The van der Waals surface area contributed by atoms with Gasteiger partial charge in [-0.3, -0.25) is 0 Å². The third kappa shape index (κ3) is 5.43. The van der Waals surface area contributed by atoms with Crippen molar-refractivity contribution in [1.29, 1.82) is 0 Å². The van der Waals surface area contributed by atoms with E-state index in [9.17, 15) is 9.59 Å². The molecule has 0 N–H and O–H groups in total. The Labute approximate surface area is 121 Å². The van der Waals surface area contributed by atoms with Crippen molar-refractivity contribution < 1.29 is 19.1 Å². The van der Waals surface area contributed by atoms with Crippen molar-refractivity contribution >= 4 is 11.9 Å². The molecule has 0 aromatic heterocycles. The number of hydrogen-bond donors (Lipinski definition) is 0. The summed E-state index contributed by atoms with van der Waals surface area (Å²) in [7, 11) is 0. The molecule has 0 aromatic carbocycles. The molecule has 0 spiro atoms. The molecule has 0 fully saturated rings. The van der Waals surface area contributed by atoms with Crippen LogP contribution in [-0.2, 0) is 19.1 Å². The van der Waals surface area contributed by atoms with E-state index in [0.717, 1.165) is 0 Å². The Balaban J connectivity index is 5.54. The van der Waals surface area contributed by atoms with Gasteiger partial charge in [0.2, 0.25) is 0 Å². The molecule has 0 unspecified atom stereocenters. The lowest BCUT2D eigenvalue weighted by Crippen LogP contribution is -2.23. The SMILES string of the molecule is C=CCOC(=O)/C(=C(\C(=O)OCC=C)C(C)C)C(C)C. The van der Waals surface area contributed by atoms with Gasteiger partial charge >= 0.3 is 11.9 Å². The van der Waals surface area contributed by atoms with Crippen LogP contribution in [0, 0.1) is 11.8 Å². The molecule has 4 nitrogen and oxygen atoms in total. The Morgan fingerprint density at radius 2 is 1.15 bits per heavy atom. The van der Waals surface area contributed by atoms with Crippen LogP contribution in [0.4, 0.5) is 0 Å². The van der Waals surface area contributed by atoms with Gasteiger partial charge in [0.1, 0.15) is 13.2 Å². The molecule has 0 saturated heterocycles. The van der Waals surface area contributed by atoms with Crippen LogP contribution in [0.15, 0.2) is 36.5 Å². The summed E-state index contributed by atoms with van der Waals surface area (Å²) in [5.41, 5.74) is 0.715. The lowest BCUT2D eigenvalue weighted by Gasteiger charge is -2.18. The second kappa shape index (κ2) is 9.13. The van der Waals surface area contributed by atoms with Gasteiger partial charge in [-0.25, -0.2) is 9.59 Å². The minimum atomic E-state index is -0.501. The molecule has 20 heavy (non-hydrogen) atoms. The Morgan fingerprint density at radius 3 is 1.35 bits per heavy atom. The van der Waals surface area contributed by atoms with E-state index in [1.165, 1.54) is 12.2 Å². The first-order chi connectivity index (χ1) is 9.36. The monoisotopic (exact) mass is 280 g/mol. The topological polar surface area (TPSA) is 52.6 Å². The predicted molar refractivity (Wildman–Crippen MR) is 79.0 cm³/mol. The van der Waals surface area contributed by atoms with E-state index in [0.29, 0.717) is 11.1 Å². The van der Waals surface area contributed by atoms with Crippen LogP contribution in [0.25, 0.3) is 0 Å². The normalized spacial score (nSPS) is 11.9. The quantitative estimate of drug-likeness (QED) is 0.389. The van der Waals surface area contributed by atoms with Crippen molar-refractivity contribution in [3.05, 3.63) is 36.5 Å². The fourth-order valence-electron chi connectivity index (χ4n) is 1.74. The number of ether oxygens (including phenoxy) is 2. The molecule has 0 radical (unpaired) electrons. The molecule has 0 aliphatic rings. The van der Waals surface area contributed by atoms with Gasteiger partial charge in [-0.05, 0) is 11.8 Å². The Hall–Kier alpha value is -1.84. The second-order valence-electron chi connectivity index (χ2n) is 4.91. The zero-order valence-corrected chi connectivity index (χ0v) is 12.8. The van der Waals surface area contributed by atoms with Gasteiger partial charge in [0.25, 0.3) is 0 Å². The molecule has 0 aliphatic carbocycles. The van der Waals surface area contributed by atoms with Crippen molar-refractivity contribution in [2.75, 3.05) is 13.2 Å². The van der Waals surface area contributed by atoms with E-state index in [1.54, 1.807) is 0 Å². The smallest absolute Gasteiger partial charge is 0.335 e. The average molecular weight is 280 g/mol. The van der Waals surface area contributed by atoms with E-state index in [-0.39, 0.29) is 25.0 Å². The first kappa shape index (κ1) is 18.2. The minimum absolute atomic E-state index is 0.113. The van der Waals surface area contributed by atoms with E-state index in [4.69, 9.17) is 9.47 Å². The summed E-state index contributed by atoms with van der Waals surface area (Å²) in [6, 6.07) is 0. The van der Waals surface area contributed by atoms with Crippen molar-refractivity contribution in [1.82, 2.24) is 0 Å². The number of carbonyl (C=O) groups is 2. The predicted octanol–water partition coefficient (Wildman–Crippen LogP) is 3.05. The number of hydrogen-bond acceptors (Lipinski definition) is 4. The summed E-state index contributed by atoms with van der Waals surface area (Å²) in [6.45, 7) is 14.6. The first-order valence-electron chi connectivity index (χ1n) is 6.66. The first-order valence-corrected chi connectivity index (χ1v) is 6.66. The zero-order valence-electron chi connectivity index (χ0n) is 12.8. The molecule has 112 valence electrons. The van der Waals surface area contributed by atoms with E-state index in [2.05, 4.69) is 13.2 Å². The van der Waals surface area contributed by atoms with Crippen LogP contribution in [-0.4, -0.2) is 25.2 Å². The molecular formula is C16H24O4. The van der Waals surface area contributed by atoms with Crippen LogP contribution in [0.2, 0.25) is 0 Å². The number of esters is 2. The van der Waals surface area contributed by atoms with Gasteiger partial charge < -0.3 is 9.47 Å². The third-order valence-corrected chi connectivity index (χ3v) is 2.55. The second-order valence-corrected chi connectivity index (χ2v) is 4.91. The summed E-state index contributed by atoms with van der Waals surface area (Å²) in [4.78, 5) is 24.2. The van der Waals surface area contributed by atoms with Gasteiger partial charge in [-0.15, -0.1) is 0 Å². The highest BCUT2D eigenvalue weighted by atomic mass is 16.5. The summed E-state index contributed by atoms with van der Waals surface area (Å²) in [5, 5.41) is 0. The molecule has 4 heteroatoms. The summed E-state index contributed by atoms with van der Waals surface area (Å²) in [6.07, 6.45) is 2.97. The molecule has 0 bridgehead atoms. The Bertz CT molecular complexity index is 365. The largest absolute Gasteiger partial charge is 0.458 e. The van der Waals surface area contributed by atoms with Crippen LogP contribution in [0.3, 0.4) is 0 Å². The molecule has 0 rings (SSSR count). The lowest BCUT2D eigenvalue weighted by atomic mass is 9.90. The molecule has 0 aliphatic heterocycles. The van der Waals surface area contributed by atoms with Gasteiger partial charge in [-0.2, -0.15) is 0 Å². The highest BCUT2D eigenvalue weighted by Gasteiger charge is 2.27. The van der Waals surface area contributed by atoms with Crippen molar-refractivity contribution in [3.63, 3.8) is 0 Å². The van der Waals surface area contributed by atoms with Gasteiger partial charge in [-0.1, -0.05) is 53.0 Å².